The van der Waals surface area contributed by atoms with Crippen LogP contribution in [0.4, 0.5) is 0 Å². The molecule has 1 saturated carbocycles. The van der Waals surface area contributed by atoms with Gasteiger partial charge in [-0.2, -0.15) is 0 Å². The Labute approximate surface area is 123 Å². The highest BCUT2D eigenvalue weighted by Gasteiger charge is 2.17. The van der Waals surface area contributed by atoms with Crippen molar-refractivity contribution < 1.29 is 4.74 Å². The molecule has 0 spiro atoms. The van der Waals surface area contributed by atoms with Crippen LogP contribution in [-0.2, 0) is 0 Å². The van der Waals surface area contributed by atoms with Crippen LogP contribution in [0, 0.1) is 23.7 Å². The number of methoxy groups -OCH3 is 1. The molecule has 20 heavy (non-hydrogen) atoms. The summed E-state index contributed by atoms with van der Waals surface area (Å²) in [4.78, 5) is 0. The Balaban J connectivity index is 1.82. The number of hydrogen-bond acceptors (Lipinski definition) is 1. The highest BCUT2D eigenvalue weighted by Crippen LogP contribution is 2.31. The zero-order valence-electron chi connectivity index (χ0n) is 12.6. The van der Waals surface area contributed by atoms with Crippen molar-refractivity contribution in [1.29, 1.82) is 0 Å². The van der Waals surface area contributed by atoms with Gasteiger partial charge in [-0.25, -0.2) is 0 Å². The molecule has 0 amide bonds. The van der Waals surface area contributed by atoms with E-state index in [1.165, 1.54) is 32.1 Å². The molecular formula is C19H24O. The topological polar surface area (TPSA) is 9.23 Å². The molecule has 0 N–H and O–H groups in total. The predicted octanol–water partition coefficient (Wildman–Crippen LogP) is 4.82. The van der Waals surface area contributed by atoms with Crippen LogP contribution in [-0.4, -0.2) is 7.11 Å². The molecule has 0 radical (unpaired) electrons. The van der Waals surface area contributed by atoms with Crippen LogP contribution >= 0.6 is 0 Å². The molecule has 0 saturated heterocycles. The SMILES string of the molecule is CC[C@H]1CC[C@H](/C=C/C#Cc2ccc(OC)cc2)CC1. The van der Waals surface area contributed by atoms with Crippen molar-refractivity contribution in [3.8, 4) is 17.6 Å². The van der Waals surface area contributed by atoms with Crippen LogP contribution in [0.2, 0.25) is 0 Å². The van der Waals surface area contributed by atoms with Gasteiger partial charge >= 0.3 is 0 Å². The molecule has 1 aliphatic rings. The fraction of sp³-hybridized carbons (Fsp3) is 0.474. The minimum Gasteiger partial charge on any atom is -0.497 e. The average molecular weight is 268 g/mol. The van der Waals surface area contributed by atoms with E-state index >= 15 is 0 Å². The van der Waals surface area contributed by atoms with Crippen molar-refractivity contribution in [1.82, 2.24) is 0 Å². The van der Waals surface area contributed by atoms with Crippen LogP contribution in [0.15, 0.2) is 36.4 Å². The molecule has 0 heterocycles. The second-order valence-electron chi connectivity index (χ2n) is 5.55. The Morgan fingerprint density at radius 1 is 1.15 bits per heavy atom. The minimum absolute atomic E-state index is 0.739. The number of rotatable bonds is 3. The lowest BCUT2D eigenvalue weighted by atomic mass is 9.81. The molecular weight excluding hydrogens is 244 g/mol. The molecule has 0 aromatic heterocycles. The standard InChI is InChI=1S/C19H24O/c1-3-16-8-10-17(11-9-16)6-4-5-7-18-12-14-19(20-2)15-13-18/h4,6,12-17H,3,8-11H2,1-2H3/b6-4+/t16-,17-. The van der Waals surface area contributed by atoms with Crippen molar-refractivity contribution in [2.24, 2.45) is 11.8 Å². The molecule has 0 bridgehead atoms. The summed E-state index contributed by atoms with van der Waals surface area (Å²) in [5.41, 5.74) is 1.03. The monoisotopic (exact) mass is 268 g/mol. The van der Waals surface area contributed by atoms with Gasteiger partial charge in [-0.1, -0.05) is 31.3 Å². The Bertz CT molecular complexity index is 479. The highest BCUT2D eigenvalue weighted by molar-refractivity contribution is 5.40. The first-order chi connectivity index (χ1) is 9.81. The lowest BCUT2D eigenvalue weighted by Gasteiger charge is -2.25. The van der Waals surface area contributed by atoms with Crippen LogP contribution in [0.25, 0.3) is 0 Å². The van der Waals surface area contributed by atoms with Crippen LogP contribution in [0.1, 0.15) is 44.6 Å². The smallest absolute Gasteiger partial charge is 0.118 e. The molecule has 1 aromatic carbocycles. The van der Waals surface area contributed by atoms with Gasteiger partial charge in [0.1, 0.15) is 5.75 Å². The summed E-state index contributed by atoms with van der Waals surface area (Å²) in [6.45, 7) is 2.31. The Kier molecular flexibility index (Phi) is 5.74. The van der Waals surface area contributed by atoms with E-state index in [1.807, 2.05) is 30.3 Å². The quantitative estimate of drug-likeness (QED) is 0.714. The van der Waals surface area contributed by atoms with Crippen molar-refractivity contribution in [2.75, 3.05) is 7.11 Å². The van der Waals surface area contributed by atoms with Crippen molar-refractivity contribution >= 4 is 0 Å². The van der Waals surface area contributed by atoms with Gasteiger partial charge in [-0.15, -0.1) is 0 Å². The number of hydrogen-bond donors (Lipinski definition) is 0. The van der Waals surface area contributed by atoms with Gasteiger partial charge in [-0.3, -0.25) is 0 Å². The molecule has 1 aliphatic carbocycles. The van der Waals surface area contributed by atoms with Gasteiger partial charge < -0.3 is 4.74 Å². The predicted molar refractivity (Wildman–Crippen MR) is 84.8 cm³/mol. The van der Waals surface area contributed by atoms with E-state index in [0.29, 0.717) is 0 Å². The van der Waals surface area contributed by atoms with Gasteiger partial charge in [0, 0.05) is 5.56 Å². The van der Waals surface area contributed by atoms with Crippen molar-refractivity contribution in [3.63, 3.8) is 0 Å². The molecule has 2 rings (SSSR count). The Morgan fingerprint density at radius 3 is 2.45 bits per heavy atom. The average Bonchev–Trinajstić information content (AvgIpc) is 2.53. The summed E-state index contributed by atoms with van der Waals surface area (Å²) in [6, 6.07) is 7.87. The van der Waals surface area contributed by atoms with E-state index in [2.05, 4.69) is 24.8 Å². The fourth-order valence-corrected chi connectivity index (χ4v) is 2.77. The van der Waals surface area contributed by atoms with Gasteiger partial charge in [0.25, 0.3) is 0 Å². The van der Waals surface area contributed by atoms with E-state index in [-0.39, 0.29) is 0 Å². The first-order valence-electron chi connectivity index (χ1n) is 7.64. The van der Waals surface area contributed by atoms with Crippen LogP contribution < -0.4 is 4.74 Å². The van der Waals surface area contributed by atoms with Gasteiger partial charge in [0.15, 0.2) is 0 Å². The molecule has 1 aromatic rings. The summed E-state index contributed by atoms with van der Waals surface area (Å²) in [5.74, 6) is 8.88. The van der Waals surface area contributed by atoms with E-state index in [1.54, 1.807) is 7.11 Å². The van der Waals surface area contributed by atoms with Crippen LogP contribution in [0.5, 0.6) is 5.75 Å². The fourth-order valence-electron chi connectivity index (χ4n) is 2.77. The molecule has 1 nitrogen and oxygen atoms in total. The summed E-state index contributed by atoms with van der Waals surface area (Å²) in [5, 5.41) is 0. The number of ether oxygens (including phenoxy) is 1. The Morgan fingerprint density at radius 2 is 1.85 bits per heavy atom. The minimum atomic E-state index is 0.739. The van der Waals surface area contributed by atoms with Gasteiger partial charge in [0.05, 0.1) is 7.11 Å². The summed E-state index contributed by atoms with van der Waals surface area (Å²) in [7, 11) is 1.68. The second kappa shape index (κ2) is 7.80. The Hall–Kier alpha value is -1.68. The maximum atomic E-state index is 5.13. The molecule has 0 unspecified atom stereocenters. The normalized spacial score (nSPS) is 22.3. The summed E-state index contributed by atoms with van der Waals surface area (Å²) < 4.78 is 5.13. The van der Waals surface area contributed by atoms with E-state index in [0.717, 1.165) is 23.1 Å². The van der Waals surface area contributed by atoms with Crippen molar-refractivity contribution in [2.45, 2.75) is 39.0 Å². The first-order valence-corrected chi connectivity index (χ1v) is 7.64. The molecule has 0 atom stereocenters. The number of allylic oxidation sites excluding steroid dienone is 2. The highest BCUT2D eigenvalue weighted by atomic mass is 16.5. The first kappa shape index (κ1) is 14.7. The molecule has 1 heteroatoms. The molecule has 1 fully saturated rings. The van der Waals surface area contributed by atoms with Gasteiger partial charge in [0.2, 0.25) is 0 Å². The summed E-state index contributed by atoms with van der Waals surface area (Å²) >= 11 is 0. The maximum absolute atomic E-state index is 5.13. The van der Waals surface area contributed by atoms with Crippen molar-refractivity contribution in [3.05, 3.63) is 42.0 Å². The summed E-state index contributed by atoms with van der Waals surface area (Å²) in [6.07, 6.45) is 11.1. The zero-order chi connectivity index (χ0) is 14.2. The lowest BCUT2D eigenvalue weighted by molar-refractivity contribution is 0.304. The third-order valence-electron chi connectivity index (χ3n) is 4.23. The van der Waals surface area contributed by atoms with E-state index < -0.39 is 0 Å². The third-order valence-corrected chi connectivity index (χ3v) is 4.23. The van der Waals surface area contributed by atoms with Gasteiger partial charge in [-0.05, 0) is 67.9 Å². The molecule has 106 valence electrons. The number of benzene rings is 1. The van der Waals surface area contributed by atoms with E-state index in [4.69, 9.17) is 4.74 Å². The lowest BCUT2D eigenvalue weighted by Crippen LogP contribution is -2.11. The third kappa shape index (κ3) is 4.46. The molecule has 0 aliphatic heterocycles. The second-order valence-corrected chi connectivity index (χ2v) is 5.55. The zero-order valence-corrected chi connectivity index (χ0v) is 12.6. The van der Waals surface area contributed by atoms with Crippen LogP contribution in [0.3, 0.4) is 0 Å². The largest absolute Gasteiger partial charge is 0.497 e. The maximum Gasteiger partial charge on any atom is 0.118 e. The van der Waals surface area contributed by atoms with E-state index in [9.17, 15) is 0 Å².